The van der Waals surface area contributed by atoms with Gasteiger partial charge in [-0.2, -0.15) is 0 Å². The largest absolute Gasteiger partial charge is 0.309 e. The number of likely N-dealkylation sites (tertiary alicyclic amines) is 1. The van der Waals surface area contributed by atoms with Crippen molar-refractivity contribution in [2.24, 2.45) is 11.3 Å². The molecule has 9 heteroatoms. The molecule has 1 aliphatic heterocycles. The van der Waals surface area contributed by atoms with Crippen LogP contribution in [-0.4, -0.2) is 57.8 Å². The van der Waals surface area contributed by atoms with E-state index in [-0.39, 0.29) is 24.3 Å². The van der Waals surface area contributed by atoms with E-state index >= 15 is 0 Å². The number of carbonyl (C=O) groups is 3. The van der Waals surface area contributed by atoms with Crippen molar-refractivity contribution in [3.63, 3.8) is 0 Å². The second kappa shape index (κ2) is 11.0. The molecule has 0 radical (unpaired) electrons. The third kappa shape index (κ3) is 7.17. The van der Waals surface area contributed by atoms with Crippen LogP contribution in [0.2, 0.25) is 0 Å². The molecule has 0 aromatic carbocycles. The number of hydrogen-bond donors (Lipinski definition) is 3. The molecular formula is C20H31N5O4. The van der Waals surface area contributed by atoms with Crippen LogP contribution in [0.1, 0.15) is 51.9 Å². The number of nitrogens with zero attached hydrogens (tertiary/aromatic N) is 3. The Labute approximate surface area is 171 Å². The fourth-order valence-electron chi connectivity index (χ4n) is 3.64. The van der Waals surface area contributed by atoms with Gasteiger partial charge in [0.05, 0.1) is 6.04 Å². The minimum Gasteiger partial charge on any atom is -0.309 e. The van der Waals surface area contributed by atoms with Gasteiger partial charge < -0.3 is 10.1 Å². The van der Waals surface area contributed by atoms with Crippen LogP contribution < -0.4 is 10.8 Å². The number of nitrogens with one attached hydrogen (secondary N) is 2. The Balaban J connectivity index is 0.000000223. The number of anilines is 1. The summed E-state index contributed by atoms with van der Waals surface area (Å²) >= 11 is 0. The summed E-state index contributed by atoms with van der Waals surface area (Å²) in [5.41, 5.74) is 1.96. The van der Waals surface area contributed by atoms with Crippen LogP contribution in [0.15, 0.2) is 18.6 Å². The first kappa shape index (κ1) is 22.9. The Bertz CT molecular complexity index is 681. The van der Waals surface area contributed by atoms with Crippen LogP contribution in [-0.2, 0) is 14.4 Å². The molecule has 2 heterocycles. The van der Waals surface area contributed by atoms with E-state index in [1.54, 1.807) is 12.3 Å². The average molecular weight is 405 g/mol. The summed E-state index contributed by atoms with van der Waals surface area (Å²) in [5.74, 6) is -0.120. The zero-order valence-electron chi connectivity index (χ0n) is 17.1. The van der Waals surface area contributed by atoms with E-state index < -0.39 is 5.91 Å². The summed E-state index contributed by atoms with van der Waals surface area (Å²) in [6.45, 7) is 3.07. The highest BCUT2D eigenvalue weighted by molar-refractivity contribution is 5.94. The average Bonchev–Trinajstić information content (AvgIpc) is 3.40. The van der Waals surface area contributed by atoms with Gasteiger partial charge in [-0.25, -0.2) is 15.4 Å². The van der Waals surface area contributed by atoms with Crippen molar-refractivity contribution in [2.45, 2.75) is 57.9 Å². The summed E-state index contributed by atoms with van der Waals surface area (Å²) < 4.78 is 0. The molecule has 2 fully saturated rings. The van der Waals surface area contributed by atoms with E-state index in [2.05, 4.69) is 20.2 Å². The van der Waals surface area contributed by atoms with Gasteiger partial charge in [0, 0.05) is 25.1 Å². The first-order chi connectivity index (χ1) is 13.9. The number of likely N-dealkylation sites (N-methyl/N-ethyl adjacent to an activating group) is 1. The van der Waals surface area contributed by atoms with Gasteiger partial charge in [0.2, 0.25) is 11.8 Å². The predicted octanol–water partition coefficient (Wildman–Crippen LogP) is 1.79. The maximum absolute atomic E-state index is 12.1. The van der Waals surface area contributed by atoms with Crippen molar-refractivity contribution in [1.82, 2.24) is 20.3 Å². The summed E-state index contributed by atoms with van der Waals surface area (Å²) in [5, 5.41) is 11.0. The molecule has 0 bridgehead atoms. The van der Waals surface area contributed by atoms with Crippen molar-refractivity contribution >= 4 is 23.9 Å². The van der Waals surface area contributed by atoms with Gasteiger partial charge in [-0.1, -0.05) is 19.8 Å². The first-order valence-electron chi connectivity index (χ1n) is 10.1. The number of amides is 2. The highest BCUT2D eigenvalue weighted by Crippen LogP contribution is 2.54. The lowest BCUT2D eigenvalue weighted by Gasteiger charge is -2.17. The standard InChI is InChI=1S/C12H16N4O.C8H15NO3/c1-16-7-12(3-4-12)6-9(16)11(17)15-10-2-5-13-8-14-10;1-2-3-4-7(6-10)5-8(11)9-12/h2,5,8-9H,3-4,6-7H2,1H3,(H,13,14,15,17);6-7,12H,2-5H2,1H3,(H,9,11). The number of hydroxylamine groups is 1. The van der Waals surface area contributed by atoms with E-state index in [0.29, 0.717) is 17.7 Å². The monoisotopic (exact) mass is 405 g/mol. The number of carbonyl (C=O) groups excluding carboxylic acids is 3. The number of aromatic nitrogens is 2. The maximum atomic E-state index is 12.1. The molecule has 160 valence electrons. The lowest BCUT2D eigenvalue weighted by molar-refractivity contribution is -0.131. The first-order valence-corrected chi connectivity index (χ1v) is 10.1. The number of aldehydes is 1. The van der Waals surface area contributed by atoms with Gasteiger partial charge in [-0.15, -0.1) is 0 Å². The second-order valence-corrected chi connectivity index (χ2v) is 8.00. The summed E-state index contributed by atoms with van der Waals surface area (Å²) in [6, 6.07) is 1.70. The molecule has 2 amide bonds. The van der Waals surface area contributed by atoms with Gasteiger partial charge in [0.15, 0.2) is 0 Å². The molecule has 3 rings (SSSR count). The minimum absolute atomic E-state index is 0.00698. The Hall–Kier alpha value is -2.39. The molecule has 2 aliphatic rings. The van der Waals surface area contributed by atoms with E-state index in [4.69, 9.17) is 5.21 Å². The molecule has 2 atom stereocenters. The van der Waals surface area contributed by atoms with Crippen LogP contribution in [0.4, 0.5) is 5.82 Å². The quantitative estimate of drug-likeness (QED) is 0.342. The van der Waals surface area contributed by atoms with E-state index in [0.717, 1.165) is 32.1 Å². The van der Waals surface area contributed by atoms with Crippen LogP contribution in [0.3, 0.4) is 0 Å². The third-order valence-corrected chi connectivity index (χ3v) is 5.53. The highest BCUT2D eigenvalue weighted by atomic mass is 16.5. The molecule has 9 nitrogen and oxygen atoms in total. The molecule has 1 saturated carbocycles. The number of unbranched alkanes of at least 4 members (excludes halogenated alkanes) is 1. The van der Waals surface area contributed by atoms with Gasteiger partial charge >= 0.3 is 0 Å². The smallest absolute Gasteiger partial charge is 0.244 e. The summed E-state index contributed by atoms with van der Waals surface area (Å²) in [6.07, 6.45) is 10.1. The summed E-state index contributed by atoms with van der Waals surface area (Å²) in [4.78, 5) is 43.1. The van der Waals surface area contributed by atoms with Gasteiger partial charge in [-0.05, 0) is 44.2 Å². The normalized spacial score (nSPS) is 20.3. The maximum Gasteiger partial charge on any atom is 0.244 e. The minimum atomic E-state index is -0.497. The van der Waals surface area contributed by atoms with Crippen LogP contribution in [0, 0.1) is 11.3 Å². The summed E-state index contributed by atoms with van der Waals surface area (Å²) in [7, 11) is 2.03. The van der Waals surface area contributed by atoms with Crippen molar-refractivity contribution < 1.29 is 19.6 Å². The van der Waals surface area contributed by atoms with E-state index in [1.807, 2.05) is 14.0 Å². The Morgan fingerprint density at radius 3 is 2.72 bits per heavy atom. The Kier molecular flexibility index (Phi) is 8.66. The van der Waals surface area contributed by atoms with Crippen molar-refractivity contribution in [3.8, 4) is 0 Å². The second-order valence-electron chi connectivity index (χ2n) is 8.00. The van der Waals surface area contributed by atoms with Gasteiger partial charge in [0.25, 0.3) is 0 Å². The zero-order chi connectivity index (χ0) is 21.3. The molecule has 29 heavy (non-hydrogen) atoms. The number of rotatable bonds is 8. The molecule has 1 spiro atoms. The topological polar surface area (TPSA) is 125 Å². The van der Waals surface area contributed by atoms with E-state index in [1.165, 1.54) is 24.6 Å². The molecule has 1 aromatic heterocycles. The fraction of sp³-hybridized carbons (Fsp3) is 0.650. The lowest BCUT2D eigenvalue weighted by atomic mass is 10.00. The Morgan fingerprint density at radius 1 is 1.45 bits per heavy atom. The Morgan fingerprint density at radius 2 is 2.21 bits per heavy atom. The van der Waals surface area contributed by atoms with Crippen molar-refractivity contribution in [1.29, 1.82) is 0 Å². The van der Waals surface area contributed by atoms with Crippen LogP contribution in [0.25, 0.3) is 0 Å². The SMILES string of the molecule is CCCCC(C=O)CC(=O)NO.CN1CC2(CC2)CC1C(=O)Nc1ccncn1. The van der Waals surface area contributed by atoms with Crippen LogP contribution in [0.5, 0.6) is 0 Å². The van der Waals surface area contributed by atoms with Crippen LogP contribution >= 0.6 is 0 Å². The van der Waals surface area contributed by atoms with E-state index in [9.17, 15) is 14.4 Å². The lowest BCUT2D eigenvalue weighted by Crippen LogP contribution is -2.37. The van der Waals surface area contributed by atoms with Gasteiger partial charge in [-0.3, -0.25) is 19.7 Å². The molecular weight excluding hydrogens is 374 g/mol. The van der Waals surface area contributed by atoms with Crippen molar-refractivity contribution in [3.05, 3.63) is 18.6 Å². The predicted molar refractivity (Wildman–Crippen MR) is 107 cm³/mol. The molecule has 1 aliphatic carbocycles. The highest BCUT2D eigenvalue weighted by Gasteiger charge is 2.52. The van der Waals surface area contributed by atoms with Crippen molar-refractivity contribution in [2.75, 3.05) is 18.9 Å². The molecule has 2 unspecified atom stereocenters. The van der Waals surface area contributed by atoms with Gasteiger partial charge in [0.1, 0.15) is 18.4 Å². The molecule has 1 saturated heterocycles. The fourth-order valence-corrected chi connectivity index (χ4v) is 3.64. The zero-order valence-corrected chi connectivity index (χ0v) is 17.1. The molecule has 3 N–H and O–H groups in total. The third-order valence-electron chi connectivity index (χ3n) is 5.53. The number of hydrogen-bond acceptors (Lipinski definition) is 7. The molecule has 1 aromatic rings.